The first-order chi connectivity index (χ1) is 13.8. The molecular weight excluding hydrogens is 372 g/mol. The van der Waals surface area contributed by atoms with Crippen LogP contribution in [0.15, 0.2) is 42.5 Å². The number of nitrogens with zero attached hydrogens (tertiary/aromatic N) is 1. The van der Waals surface area contributed by atoms with Gasteiger partial charge in [0.2, 0.25) is 0 Å². The number of aliphatic hydroxyl groups excluding tert-OH is 2. The zero-order valence-corrected chi connectivity index (χ0v) is 16.5. The van der Waals surface area contributed by atoms with E-state index in [2.05, 4.69) is 0 Å². The Morgan fingerprint density at radius 1 is 1.17 bits per heavy atom. The van der Waals surface area contributed by atoms with Crippen molar-refractivity contribution in [2.24, 2.45) is 5.73 Å². The standard InChI is InChI=1S/C22H26N2O5/c1-3-14-9-16-20(17(10-14)29-12-18(25)26)19(21(27)22(23)28)13(2)24(16)11-15-7-5-4-6-8-15/h4-10,21-22,27-28H,3,11-12,23H2,1-2H3,(H,25,26). The molecule has 0 saturated heterocycles. The molecule has 2 unspecified atom stereocenters. The van der Waals surface area contributed by atoms with Crippen molar-refractivity contribution in [2.45, 2.75) is 39.1 Å². The van der Waals surface area contributed by atoms with Crippen LogP contribution >= 0.6 is 0 Å². The van der Waals surface area contributed by atoms with Crippen molar-refractivity contribution in [1.82, 2.24) is 4.57 Å². The average Bonchev–Trinajstić information content (AvgIpc) is 2.97. The first kappa shape index (κ1) is 20.9. The van der Waals surface area contributed by atoms with Crippen LogP contribution in [0.2, 0.25) is 0 Å². The molecule has 3 rings (SSSR count). The number of aromatic nitrogens is 1. The minimum absolute atomic E-state index is 0.353. The number of aliphatic carboxylic acids is 1. The van der Waals surface area contributed by atoms with Crippen LogP contribution in [-0.4, -0.2) is 38.7 Å². The third-order valence-electron chi connectivity index (χ3n) is 5.06. The van der Waals surface area contributed by atoms with E-state index >= 15 is 0 Å². The monoisotopic (exact) mass is 398 g/mol. The van der Waals surface area contributed by atoms with Crippen LogP contribution in [0, 0.1) is 6.92 Å². The van der Waals surface area contributed by atoms with Crippen LogP contribution in [-0.2, 0) is 17.8 Å². The maximum atomic E-state index is 11.1. The summed E-state index contributed by atoms with van der Waals surface area (Å²) in [6.07, 6.45) is -2.09. The van der Waals surface area contributed by atoms with Crippen molar-refractivity contribution in [1.29, 1.82) is 0 Å². The van der Waals surface area contributed by atoms with E-state index in [4.69, 9.17) is 15.6 Å². The minimum atomic E-state index is -1.48. The number of nitrogens with two attached hydrogens (primary N) is 1. The number of aryl methyl sites for hydroxylation is 1. The molecule has 29 heavy (non-hydrogen) atoms. The molecule has 0 amide bonds. The number of carboxylic acid groups (broad SMARTS) is 1. The molecule has 0 radical (unpaired) electrons. The lowest BCUT2D eigenvalue weighted by molar-refractivity contribution is -0.139. The van der Waals surface area contributed by atoms with Crippen LogP contribution in [0.1, 0.15) is 35.4 Å². The van der Waals surface area contributed by atoms with Gasteiger partial charge in [0.1, 0.15) is 18.1 Å². The van der Waals surface area contributed by atoms with Crippen molar-refractivity contribution >= 4 is 16.9 Å². The molecule has 0 aliphatic heterocycles. The summed E-state index contributed by atoms with van der Waals surface area (Å²) < 4.78 is 7.59. The highest BCUT2D eigenvalue weighted by molar-refractivity contribution is 5.93. The van der Waals surface area contributed by atoms with E-state index in [1.165, 1.54) is 0 Å². The van der Waals surface area contributed by atoms with E-state index in [9.17, 15) is 15.0 Å². The molecule has 2 atom stereocenters. The van der Waals surface area contributed by atoms with Gasteiger partial charge in [0.05, 0.1) is 5.52 Å². The molecule has 7 nitrogen and oxygen atoms in total. The molecule has 0 aliphatic rings. The Hall–Kier alpha value is -2.87. The Kier molecular flexibility index (Phi) is 6.22. The fourth-order valence-corrected chi connectivity index (χ4v) is 3.61. The van der Waals surface area contributed by atoms with Gasteiger partial charge in [-0.15, -0.1) is 0 Å². The van der Waals surface area contributed by atoms with Crippen LogP contribution in [0.5, 0.6) is 5.75 Å². The molecule has 2 aromatic carbocycles. The molecule has 154 valence electrons. The summed E-state index contributed by atoms with van der Waals surface area (Å²) in [6.45, 7) is 3.88. The number of aliphatic hydroxyl groups is 2. The second-order valence-electron chi connectivity index (χ2n) is 7.03. The number of rotatable bonds is 8. The Morgan fingerprint density at radius 3 is 2.45 bits per heavy atom. The third-order valence-corrected chi connectivity index (χ3v) is 5.06. The average molecular weight is 398 g/mol. The Morgan fingerprint density at radius 2 is 1.86 bits per heavy atom. The molecule has 7 heteroatoms. The molecule has 3 aromatic rings. The molecule has 1 heterocycles. The van der Waals surface area contributed by atoms with Crippen LogP contribution in [0.3, 0.4) is 0 Å². The number of ether oxygens (including phenoxy) is 1. The summed E-state index contributed by atoms with van der Waals surface area (Å²) in [5, 5.41) is 30.1. The van der Waals surface area contributed by atoms with Gasteiger partial charge in [0.25, 0.3) is 0 Å². The highest BCUT2D eigenvalue weighted by Crippen LogP contribution is 2.39. The van der Waals surface area contributed by atoms with Gasteiger partial charge >= 0.3 is 5.97 Å². The van der Waals surface area contributed by atoms with Crippen LogP contribution in [0.25, 0.3) is 10.9 Å². The largest absolute Gasteiger partial charge is 0.481 e. The maximum absolute atomic E-state index is 11.1. The number of fused-ring (bicyclic) bond motifs is 1. The second kappa shape index (κ2) is 8.65. The first-order valence-electron chi connectivity index (χ1n) is 9.49. The predicted octanol–water partition coefficient (Wildman–Crippen LogP) is 2.33. The van der Waals surface area contributed by atoms with Gasteiger partial charge in [-0.2, -0.15) is 0 Å². The fourth-order valence-electron chi connectivity index (χ4n) is 3.61. The smallest absolute Gasteiger partial charge is 0.341 e. The number of benzene rings is 2. The molecular formula is C22H26N2O5. The third kappa shape index (κ3) is 4.27. The lowest BCUT2D eigenvalue weighted by atomic mass is 10.0. The van der Waals surface area contributed by atoms with Crippen molar-refractivity contribution in [3.05, 3.63) is 64.8 Å². The molecule has 0 fully saturated rings. The lowest BCUT2D eigenvalue weighted by Gasteiger charge is -2.16. The van der Waals surface area contributed by atoms with E-state index in [0.717, 1.165) is 28.8 Å². The summed E-state index contributed by atoms with van der Waals surface area (Å²) in [5.41, 5.74) is 9.58. The molecule has 0 bridgehead atoms. The number of hydrogen-bond acceptors (Lipinski definition) is 5. The zero-order chi connectivity index (χ0) is 21.1. The van der Waals surface area contributed by atoms with E-state index < -0.39 is 24.9 Å². The summed E-state index contributed by atoms with van der Waals surface area (Å²) in [7, 11) is 0. The van der Waals surface area contributed by atoms with Crippen molar-refractivity contribution in [2.75, 3.05) is 6.61 Å². The SMILES string of the molecule is CCc1cc(OCC(=O)O)c2c(C(O)C(N)O)c(C)n(Cc3ccccc3)c2c1. The minimum Gasteiger partial charge on any atom is -0.481 e. The fraction of sp³-hybridized carbons (Fsp3) is 0.318. The maximum Gasteiger partial charge on any atom is 0.341 e. The Labute approximate surface area is 169 Å². The molecule has 1 aromatic heterocycles. The molecule has 0 aliphatic carbocycles. The summed E-state index contributed by atoms with van der Waals surface area (Å²) >= 11 is 0. The number of hydrogen-bond donors (Lipinski definition) is 4. The van der Waals surface area contributed by atoms with Gasteiger partial charge in [0, 0.05) is 23.2 Å². The first-order valence-corrected chi connectivity index (χ1v) is 9.49. The summed E-state index contributed by atoms with van der Waals surface area (Å²) in [4.78, 5) is 11.1. The Balaban J connectivity index is 2.28. The van der Waals surface area contributed by atoms with Gasteiger partial charge in [-0.05, 0) is 36.6 Å². The van der Waals surface area contributed by atoms with Crippen molar-refractivity contribution in [3.63, 3.8) is 0 Å². The zero-order valence-electron chi connectivity index (χ0n) is 16.5. The molecule has 5 N–H and O–H groups in total. The van der Waals surface area contributed by atoms with E-state index in [1.54, 1.807) is 6.07 Å². The summed E-state index contributed by atoms with van der Waals surface area (Å²) in [6, 6.07) is 13.6. The van der Waals surface area contributed by atoms with Gasteiger partial charge in [-0.3, -0.25) is 0 Å². The number of carbonyl (C=O) groups is 1. The quantitative estimate of drug-likeness (QED) is 0.433. The second-order valence-corrected chi connectivity index (χ2v) is 7.03. The lowest BCUT2D eigenvalue weighted by Crippen LogP contribution is -2.28. The van der Waals surface area contributed by atoms with Crippen molar-refractivity contribution in [3.8, 4) is 5.75 Å². The van der Waals surface area contributed by atoms with Gasteiger partial charge < -0.3 is 30.4 Å². The summed E-state index contributed by atoms with van der Waals surface area (Å²) in [5.74, 6) is -0.743. The highest BCUT2D eigenvalue weighted by atomic mass is 16.5. The topological polar surface area (TPSA) is 118 Å². The van der Waals surface area contributed by atoms with E-state index in [1.807, 2.05) is 54.8 Å². The Bertz CT molecular complexity index is 1010. The van der Waals surface area contributed by atoms with Gasteiger partial charge in [-0.25, -0.2) is 4.79 Å². The molecule has 0 saturated carbocycles. The van der Waals surface area contributed by atoms with Crippen LogP contribution < -0.4 is 10.5 Å². The van der Waals surface area contributed by atoms with Crippen molar-refractivity contribution < 1.29 is 24.9 Å². The molecule has 0 spiro atoms. The van der Waals surface area contributed by atoms with Gasteiger partial charge in [0.15, 0.2) is 6.61 Å². The normalized spacial score (nSPS) is 13.4. The van der Waals surface area contributed by atoms with Crippen LogP contribution in [0.4, 0.5) is 0 Å². The van der Waals surface area contributed by atoms with Gasteiger partial charge in [-0.1, -0.05) is 37.3 Å². The van der Waals surface area contributed by atoms with E-state index in [-0.39, 0.29) is 0 Å². The predicted molar refractivity (Wildman–Crippen MR) is 110 cm³/mol. The number of carboxylic acids is 1. The highest BCUT2D eigenvalue weighted by Gasteiger charge is 2.27. The van der Waals surface area contributed by atoms with E-state index in [0.29, 0.717) is 23.2 Å².